The fraction of sp³-hybridized carbons (Fsp3) is 0.240. The van der Waals surface area contributed by atoms with Gasteiger partial charge in [0.1, 0.15) is 5.82 Å². The number of primary amides is 1. The number of nitrogens with one attached hydrogen (secondary N) is 1. The van der Waals surface area contributed by atoms with E-state index >= 15 is 0 Å². The monoisotopic (exact) mass is 435 g/mol. The van der Waals surface area contributed by atoms with Crippen LogP contribution < -0.4 is 20.5 Å². The second-order valence-corrected chi connectivity index (χ2v) is 8.32. The van der Waals surface area contributed by atoms with Crippen LogP contribution in [0, 0.1) is 13.8 Å². The van der Waals surface area contributed by atoms with E-state index in [-0.39, 0.29) is 17.0 Å². The Hall–Kier alpha value is -3.87. The zero-order chi connectivity index (χ0) is 22.5. The van der Waals surface area contributed by atoms with Crippen molar-refractivity contribution < 1.29 is 23.3 Å². The van der Waals surface area contributed by atoms with Gasteiger partial charge >= 0.3 is 0 Å². The summed E-state index contributed by atoms with van der Waals surface area (Å²) < 4.78 is 10.9. The predicted molar refractivity (Wildman–Crippen MR) is 126 cm³/mol. The van der Waals surface area contributed by atoms with E-state index in [1.165, 1.54) is 0 Å². The van der Waals surface area contributed by atoms with E-state index in [4.69, 9.17) is 15.2 Å². The number of nitrogens with zero attached hydrogens (tertiary/aromatic N) is 1. The summed E-state index contributed by atoms with van der Waals surface area (Å²) in [6, 6.07) is 12.8. The normalized spacial score (nSPS) is 15.3. The lowest BCUT2D eigenvalue weighted by Gasteiger charge is -2.18. The molecule has 1 aliphatic heterocycles. The molecule has 3 aromatic rings. The van der Waals surface area contributed by atoms with Crippen molar-refractivity contribution in [2.75, 3.05) is 12.1 Å². The number of carbonyl (C=O) groups is 2. The van der Waals surface area contributed by atoms with Crippen molar-refractivity contribution >= 4 is 17.6 Å². The Labute approximate surface area is 190 Å². The quantitative estimate of drug-likeness (QED) is 0.609. The van der Waals surface area contributed by atoms with Crippen LogP contribution in [0.5, 0.6) is 11.5 Å². The van der Waals surface area contributed by atoms with Crippen LogP contribution in [-0.2, 0) is 10.2 Å². The fourth-order valence-corrected chi connectivity index (χ4v) is 4.13. The standard InChI is InChI=1S/C25H23N3O4.3H2/c1-14-15(2)23(27-12-19(14)16-3-5-17(6-4-16)22(26)29)28-24(30)25(9-10-25)18-7-8-20-21(11-18)32-13-31-20;;;/h3-8,11-12H,9-10,13H2,1-2H3,(H2,26,29)(H,27,28,30);3*1H. The van der Waals surface area contributed by atoms with Crippen molar-refractivity contribution in [2.45, 2.75) is 32.1 Å². The van der Waals surface area contributed by atoms with Gasteiger partial charge in [-0.25, -0.2) is 4.98 Å². The maximum absolute atomic E-state index is 13.3. The largest absolute Gasteiger partial charge is 0.454 e. The number of anilines is 1. The Balaban J connectivity index is 0.00000144. The number of hydrogen-bond donors (Lipinski definition) is 2. The van der Waals surface area contributed by atoms with Gasteiger partial charge in [0.05, 0.1) is 5.41 Å². The van der Waals surface area contributed by atoms with Crippen LogP contribution in [0.1, 0.15) is 44.2 Å². The van der Waals surface area contributed by atoms with Crippen molar-refractivity contribution in [2.24, 2.45) is 5.73 Å². The molecule has 0 spiro atoms. The molecule has 0 saturated heterocycles. The van der Waals surface area contributed by atoms with Gasteiger partial charge in [0, 0.05) is 21.6 Å². The lowest BCUT2D eigenvalue weighted by atomic mass is 9.94. The Morgan fingerprint density at radius 1 is 1.03 bits per heavy atom. The molecule has 1 fully saturated rings. The number of nitrogens with two attached hydrogens (primary N) is 1. The third kappa shape index (κ3) is 3.26. The molecule has 0 unspecified atom stereocenters. The molecule has 7 nitrogen and oxygen atoms in total. The molecule has 0 radical (unpaired) electrons. The van der Waals surface area contributed by atoms with Gasteiger partial charge in [0.2, 0.25) is 18.6 Å². The second-order valence-electron chi connectivity index (χ2n) is 8.32. The number of benzene rings is 2. The third-order valence-electron chi connectivity index (χ3n) is 6.47. The van der Waals surface area contributed by atoms with E-state index in [2.05, 4.69) is 10.3 Å². The van der Waals surface area contributed by atoms with Gasteiger partial charge in [-0.2, -0.15) is 0 Å². The van der Waals surface area contributed by atoms with Crippen LogP contribution in [0.3, 0.4) is 0 Å². The van der Waals surface area contributed by atoms with Gasteiger partial charge in [0.25, 0.3) is 0 Å². The van der Waals surface area contributed by atoms with Crippen LogP contribution in [-0.4, -0.2) is 23.6 Å². The van der Waals surface area contributed by atoms with Crippen LogP contribution >= 0.6 is 0 Å². The summed E-state index contributed by atoms with van der Waals surface area (Å²) in [5.41, 5.74) is 9.93. The minimum absolute atomic E-state index is 0. The minimum Gasteiger partial charge on any atom is -0.454 e. The fourth-order valence-electron chi connectivity index (χ4n) is 4.13. The van der Waals surface area contributed by atoms with Crippen LogP contribution in [0.2, 0.25) is 0 Å². The first kappa shape index (κ1) is 20.1. The van der Waals surface area contributed by atoms with E-state index in [0.717, 1.165) is 40.7 Å². The molecule has 3 N–H and O–H groups in total. The summed E-state index contributed by atoms with van der Waals surface area (Å²) in [4.78, 5) is 29.1. The van der Waals surface area contributed by atoms with Crippen LogP contribution in [0.15, 0.2) is 48.7 Å². The Morgan fingerprint density at radius 3 is 2.44 bits per heavy atom. The smallest absolute Gasteiger partial charge is 0.248 e. The number of rotatable bonds is 5. The van der Waals surface area contributed by atoms with Crippen molar-refractivity contribution in [3.63, 3.8) is 0 Å². The first-order valence-electron chi connectivity index (χ1n) is 10.5. The lowest BCUT2D eigenvalue weighted by Crippen LogP contribution is -2.28. The zero-order valence-corrected chi connectivity index (χ0v) is 17.9. The molecule has 1 aliphatic carbocycles. The first-order chi connectivity index (χ1) is 15.4. The summed E-state index contributed by atoms with van der Waals surface area (Å²) in [5, 5.41) is 3.04. The molecule has 2 heterocycles. The molecule has 168 valence electrons. The van der Waals surface area contributed by atoms with Crippen LogP contribution in [0.4, 0.5) is 5.82 Å². The molecular formula is C25H29N3O4. The highest BCUT2D eigenvalue weighted by atomic mass is 16.7. The highest BCUT2D eigenvalue weighted by Crippen LogP contribution is 2.51. The van der Waals surface area contributed by atoms with E-state index in [1.54, 1.807) is 18.3 Å². The topological polar surface area (TPSA) is 104 Å². The molecule has 1 aromatic heterocycles. The molecule has 2 amide bonds. The average Bonchev–Trinajstić information content (AvgIpc) is 3.48. The number of fused-ring (bicyclic) bond motifs is 1. The molecule has 0 atom stereocenters. The number of pyridine rings is 1. The van der Waals surface area contributed by atoms with Crippen molar-refractivity contribution in [3.05, 3.63) is 70.9 Å². The van der Waals surface area contributed by atoms with Gasteiger partial charge in [-0.15, -0.1) is 0 Å². The Kier molecular flexibility index (Phi) is 4.62. The Bertz CT molecular complexity index is 1260. The summed E-state index contributed by atoms with van der Waals surface area (Å²) in [5.74, 6) is 1.41. The highest BCUT2D eigenvalue weighted by molar-refractivity contribution is 6.01. The zero-order valence-electron chi connectivity index (χ0n) is 17.9. The van der Waals surface area contributed by atoms with Gasteiger partial charge in [0.15, 0.2) is 11.5 Å². The number of ether oxygens (including phenoxy) is 2. The van der Waals surface area contributed by atoms with E-state index in [1.807, 2.05) is 44.2 Å². The van der Waals surface area contributed by atoms with Crippen molar-refractivity contribution in [3.8, 4) is 22.6 Å². The highest BCUT2D eigenvalue weighted by Gasteiger charge is 2.52. The lowest BCUT2D eigenvalue weighted by molar-refractivity contribution is -0.118. The van der Waals surface area contributed by atoms with Crippen molar-refractivity contribution in [1.29, 1.82) is 0 Å². The number of amides is 2. The van der Waals surface area contributed by atoms with Crippen LogP contribution in [0.25, 0.3) is 11.1 Å². The molecule has 32 heavy (non-hydrogen) atoms. The van der Waals surface area contributed by atoms with E-state index in [9.17, 15) is 9.59 Å². The maximum Gasteiger partial charge on any atom is 0.248 e. The number of carbonyl (C=O) groups excluding carboxylic acids is 2. The van der Waals surface area contributed by atoms with Gasteiger partial charge in [-0.3, -0.25) is 9.59 Å². The summed E-state index contributed by atoms with van der Waals surface area (Å²) in [6.45, 7) is 4.14. The molecule has 5 rings (SSSR count). The second kappa shape index (κ2) is 7.37. The summed E-state index contributed by atoms with van der Waals surface area (Å²) >= 11 is 0. The SMILES string of the molecule is Cc1c(-c2ccc(C(N)=O)cc2)cnc(NC(=O)C2(c3ccc4c(c3)OCO4)CC2)c1C.[HH].[HH].[HH]. The summed E-state index contributed by atoms with van der Waals surface area (Å²) in [7, 11) is 0. The third-order valence-corrected chi connectivity index (χ3v) is 6.47. The van der Waals surface area contributed by atoms with Gasteiger partial charge in [-0.05, 0) is 73.2 Å². The average molecular weight is 436 g/mol. The Morgan fingerprint density at radius 2 is 1.75 bits per heavy atom. The van der Waals surface area contributed by atoms with Gasteiger partial charge in [-0.1, -0.05) is 18.2 Å². The van der Waals surface area contributed by atoms with E-state index < -0.39 is 11.3 Å². The number of aromatic nitrogens is 1. The van der Waals surface area contributed by atoms with E-state index in [0.29, 0.717) is 22.9 Å². The molecule has 7 heteroatoms. The van der Waals surface area contributed by atoms with Gasteiger partial charge < -0.3 is 20.5 Å². The first-order valence-corrected chi connectivity index (χ1v) is 10.5. The predicted octanol–water partition coefficient (Wildman–Crippen LogP) is 4.60. The molecular weight excluding hydrogens is 406 g/mol. The molecule has 0 bridgehead atoms. The summed E-state index contributed by atoms with van der Waals surface area (Å²) in [6.07, 6.45) is 3.30. The molecule has 2 aliphatic rings. The number of hydrogen-bond acceptors (Lipinski definition) is 5. The molecule has 2 aromatic carbocycles. The molecule has 1 saturated carbocycles. The van der Waals surface area contributed by atoms with Crippen molar-refractivity contribution in [1.82, 2.24) is 4.98 Å². The minimum atomic E-state index is -0.563. The maximum atomic E-state index is 13.3.